The van der Waals surface area contributed by atoms with Gasteiger partial charge in [-0.3, -0.25) is 9.59 Å². The van der Waals surface area contributed by atoms with Gasteiger partial charge in [-0.1, -0.05) is 0 Å². The summed E-state index contributed by atoms with van der Waals surface area (Å²) in [6.45, 7) is 8.09. The topological polar surface area (TPSA) is 88.9 Å². The minimum atomic E-state index is -1.79. The first-order chi connectivity index (χ1) is 8.73. The molecule has 0 amide bonds. The molecule has 1 atom stereocenters. The predicted molar refractivity (Wildman–Crippen MR) is 64.9 cm³/mol. The molecule has 0 aromatic rings. The normalized spacial score (nSPS) is 24.2. The average Bonchev–Trinajstić information content (AvgIpc) is 2.92. The van der Waals surface area contributed by atoms with E-state index >= 15 is 0 Å². The molecule has 0 saturated carbocycles. The van der Waals surface area contributed by atoms with E-state index in [1.165, 1.54) is 6.92 Å². The van der Waals surface area contributed by atoms with Gasteiger partial charge in [0.15, 0.2) is 0 Å². The Labute approximate surface area is 112 Å². The minimum absolute atomic E-state index is 0.107. The first kappa shape index (κ1) is 15.4. The van der Waals surface area contributed by atoms with Crippen LogP contribution in [0.2, 0.25) is 0 Å². The van der Waals surface area contributed by atoms with Gasteiger partial charge >= 0.3 is 11.9 Å². The van der Waals surface area contributed by atoms with Crippen molar-refractivity contribution < 1.29 is 23.8 Å². The Bertz CT molecular complexity index is 419. The molecule has 6 heteroatoms. The molecule has 1 rings (SSSR count). The van der Waals surface area contributed by atoms with E-state index < -0.39 is 28.6 Å². The maximum atomic E-state index is 12.2. The molecule has 0 aromatic heterocycles. The number of esters is 2. The zero-order chi connectivity index (χ0) is 14.9. The summed E-state index contributed by atoms with van der Waals surface area (Å²) in [5, 5.41) is 9.37. The monoisotopic (exact) mass is 269 g/mol. The van der Waals surface area contributed by atoms with Crippen molar-refractivity contribution in [2.24, 2.45) is 5.41 Å². The summed E-state index contributed by atoms with van der Waals surface area (Å²) in [4.78, 5) is 24.3. The van der Waals surface area contributed by atoms with Crippen LogP contribution in [0.15, 0.2) is 0 Å². The molecule has 0 radical (unpaired) electrons. The van der Waals surface area contributed by atoms with Gasteiger partial charge in [0.2, 0.25) is 11.0 Å². The smallest absolute Gasteiger partial charge is 0.327 e. The molecule has 0 aliphatic carbocycles. The second-order valence-electron chi connectivity index (χ2n) is 4.97. The second-order valence-corrected chi connectivity index (χ2v) is 4.97. The van der Waals surface area contributed by atoms with Gasteiger partial charge in [-0.25, -0.2) is 0 Å². The van der Waals surface area contributed by atoms with E-state index in [1.54, 1.807) is 27.7 Å². The zero-order valence-electron chi connectivity index (χ0n) is 11.9. The fraction of sp³-hybridized carbons (Fsp3) is 0.769. The molecule has 0 aromatic carbocycles. The van der Waals surface area contributed by atoms with Gasteiger partial charge in [0.05, 0.1) is 13.2 Å². The van der Waals surface area contributed by atoms with Crippen molar-refractivity contribution in [3.63, 3.8) is 0 Å². The summed E-state index contributed by atoms with van der Waals surface area (Å²) in [5.41, 5.74) is -4.26. The number of hydrogen-bond acceptors (Lipinski definition) is 6. The van der Waals surface area contributed by atoms with Crippen molar-refractivity contribution in [1.29, 1.82) is 5.26 Å². The largest absolute Gasteiger partial charge is 0.465 e. The number of ether oxygens (including phenoxy) is 3. The van der Waals surface area contributed by atoms with E-state index in [0.29, 0.717) is 0 Å². The Morgan fingerprint density at radius 1 is 1.21 bits per heavy atom. The molecule has 1 unspecified atom stereocenters. The van der Waals surface area contributed by atoms with Crippen LogP contribution in [0, 0.1) is 16.7 Å². The Balaban J connectivity index is 3.26. The van der Waals surface area contributed by atoms with Crippen molar-refractivity contribution in [2.75, 3.05) is 13.2 Å². The number of rotatable bonds is 5. The van der Waals surface area contributed by atoms with Crippen LogP contribution in [0.5, 0.6) is 0 Å². The van der Waals surface area contributed by atoms with Crippen molar-refractivity contribution in [2.45, 2.75) is 45.8 Å². The highest BCUT2D eigenvalue weighted by Crippen LogP contribution is 2.58. The molecule has 1 aliphatic rings. The van der Waals surface area contributed by atoms with Crippen molar-refractivity contribution in [3.05, 3.63) is 0 Å². The molecule has 0 spiro atoms. The molecule has 1 saturated heterocycles. The second kappa shape index (κ2) is 4.82. The Morgan fingerprint density at radius 3 is 1.79 bits per heavy atom. The molecule has 106 valence electrons. The maximum Gasteiger partial charge on any atom is 0.327 e. The highest BCUT2D eigenvalue weighted by molar-refractivity contribution is 6.02. The molecular weight excluding hydrogens is 250 g/mol. The van der Waals surface area contributed by atoms with Crippen molar-refractivity contribution in [1.82, 2.24) is 0 Å². The van der Waals surface area contributed by atoms with Gasteiger partial charge < -0.3 is 14.2 Å². The van der Waals surface area contributed by atoms with Crippen LogP contribution >= 0.6 is 0 Å². The third-order valence-corrected chi connectivity index (χ3v) is 3.44. The molecule has 0 bridgehead atoms. The van der Waals surface area contributed by atoms with Gasteiger partial charge in [0.1, 0.15) is 11.7 Å². The number of nitrogens with zero attached hydrogens (tertiary/aromatic N) is 1. The number of hydrogen-bond donors (Lipinski definition) is 0. The third kappa shape index (κ3) is 1.98. The number of carbonyl (C=O) groups excluding carboxylic acids is 2. The zero-order valence-corrected chi connectivity index (χ0v) is 11.9. The quantitative estimate of drug-likeness (QED) is 0.423. The summed E-state index contributed by atoms with van der Waals surface area (Å²) in [6.07, 6.45) is 0. The highest BCUT2D eigenvalue weighted by Gasteiger charge is 2.80. The maximum absolute atomic E-state index is 12.2. The van der Waals surface area contributed by atoms with Crippen LogP contribution < -0.4 is 0 Å². The van der Waals surface area contributed by atoms with Crippen LogP contribution in [0.4, 0.5) is 0 Å². The van der Waals surface area contributed by atoms with E-state index in [-0.39, 0.29) is 13.2 Å². The van der Waals surface area contributed by atoms with Gasteiger partial charge in [0, 0.05) is 0 Å². The van der Waals surface area contributed by atoms with E-state index in [1.807, 2.05) is 6.07 Å². The van der Waals surface area contributed by atoms with E-state index in [9.17, 15) is 14.9 Å². The molecule has 1 aliphatic heterocycles. The van der Waals surface area contributed by atoms with Crippen LogP contribution in [0.1, 0.15) is 34.6 Å². The lowest BCUT2D eigenvalue weighted by molar-refractivity contribution is -0.174. The first-order valence-electron chi connectivity index (χ1n) is 6.19. The molecule has 1 heterocycles. The Morgan fingerprint density at radius 2 is 1.58 bits per heavy atom. The highest BCUT2D eigenvalue weighted by atomic mass is 16.6. The Kier molecular flexibility index (Phi) is 3.92. The first-order valence-corrected chi connectivity index (χ1v) is 6.19. The van der Waals surface area contributed by atoms with Crippen LogP contribution in [0.3, 0.4) is 0 Å². The van der Waals surface area contributed by atoms with Gasteiger partial charge in [-0.15, -0.1) is 0 Å². The fourth-order valence-corrected chi connectivity index (χ4v) is 2.25. The molecule has 1 fully saturated rings. The van der Waals surface area contributed by atoms with Crippen LogP contribution in [-0.2, 0) is 23.8 Å². The van der Waals surface area contributed by atoms with Crippen LogP contribution in [-0.4, -0.2) is 36.4 Å². The third-order valence-electron chi connectivity index (χ3n) is 3.44. The molecular formula is C13H19NO5. The average molecular weight is 269 g/mol. The Hall–Kier alpha value is -1.61. The minimum Gasteiger partial charge on any atom is -0.465 e. The van der Waals surface area contributed by atoms with E-state index in [0.717, 1.165) is 0 Å². The van der Waals surface area contributed by atoms with Gasteiger partial charge in [0.25, 0.3) is 0 Å². The number of nitriles is 1. The predicted octanol–water partition coefficient (Wildman–Crippen LogP) is 1.19. The number of epoxide rings is 1. The van der Waals surface area contributed by atoms with E-state index in [4.69, 9.17) is 14.2 Å². The number of carbonyl (C=O) groups is 2. The fourth-order valence-electron chi connectivity index (χ4n) is 2.25. The standard InChI is InChI=1S/C13H19NO5/c1-6-17-9(15)12(5,10(16)18-7-2)13(8-14)11(3,4)19-13/h6-7H2,1-5H3. The molecule has 19 heavy (non-hydrogen) atoms. The summed E-state index contributed by atoms with van der Waals surface area (Å²) in [6, 6.07) is 1.94. The van der Waals surface area contributed by atoms with E-state index in [2.05, 4.69) is 0 Å². The molecule has 0 N–H and O–H groups in total. The van der Waals surface area contributed by atoms with Crippen LogP contribution in [0.25, 0.3) is 0 Å². The van der Waals surface area contributed by atoms with Gasteiger partial charge in [-0.2, -0.15) is 5.26 Å². The summed E-state index contributed by atoms with van der Waals surface area (Å²) >= 11 is 0. The summed E-state index contributed by atoms with van der Waals surface area (Å²) in [5.74, 6) is -1.61. The summed E-state index contributed by atoms with van der Waals surface area (Å²) in [7, 11) is 0. The van der Waals surface area contributed by atoms with Crippen molar-refractivity contribution >= 4 is 11.9 Å². The lowest BCUT2D eigenvalue weighted by Gasteiger charge is -2.28. The molecule has 6 nitrogen and oxygen atoms in total. The lowest BCUT2D eigenvalue weighted by Crippen LogP contribution is -2.52. The van der Waals surface area contributed by atoms with Crippen molar-refractivity contribution in [3.8, 4) is 6.07 Å². The van der Waals surface area contributed by atoms with Gasteiger partial charge in [-0.05, 0) is 34.6 Å². The SMILES string of the molecule is CCOC(=O)C(C)(C(=O)OCC)C1(C#N)OC1(C)C. The summed E-state index contributed by atoms with van der Waals surface area (Å²) < 4.78 is 15.2. The lowest BCUT2D eigenvalue weighted by atomic mass is 9.71.